The minimum atomic E-state index is -1.06. The first-order valence-electron chi connectivity index (χ1n) is 12.1. The van der Waals surface area contributed by atoms with Gasteiger partial charge in [0.1, 0.15) is 0 Å². The molecule has 2 aromatic carbocycles. The lowest BCUT2D eigenvalue weighted by molar-refractivity contribution is 0.0251. The Morgan fingerprint density at radius 3 is 2.47 bits per heavy atom. The van der Waals surface area contributed by atoms with E-state index in [1.807, 2.05) is 0 Å². The molecule has 1 aliphatic heterocycles. The van der Waals surface area contributed by atoms with Crippen molar-refractivity contribution in [2.45, 2.75) is 46.8 Å². The van der Waals surface area contributed by atoms with Crippen LogP contribution in [0, 0.1) is 13.8 Å². The van der Waals surface area contributed by atoms with Gasteiger partial charge in [-0.05, 0) is 64.4 Å². The highest BCUT2D eigenvalue weighted by molar-refractivity contribution is 5.98. The van der Waals surface area contributed by atoms with Crippen LogP contribution in [0.25, 0.3) is 10.9 Å². The van der Waals surface area contributed by atoms with Crippen molar-refractivity contribution in [3.8, 4) is 0 Å². The molecule has 2 aromatic heterocycles. The molecule has 3 heterocycles. The first-order chi connectivity index (χ1) is 16.5. The van der Waals surface area contributed by atoms with Gasteiger partial charge in [-0.3, -0.25) is 4.98 Å². The number of aryl methyl sites for hydroxylation is 2. The number of carbonyl (C=O) groups excluding carboxylic acids is 1. The number of benzene rings is 2. The first-order valence-corrected chi connectivity index (χ1v) is 12.1. The summed E-state index contributed by atoms with van der Waals surface area (Å²) >= 11 is 0. The van der Waals surface area contributed by atoms with Crippen molar-refractivity contribution in [3.63, 3.8) is 0 Å². The summed E-state index contributed by atoms with van der Waals surface area (Å²) in [6.45, 7) is 13.4. The normalized spacial score (nSPS) is 17.1. The Kier molecular flexibility index (Phi) is 5.43. The van der Waals surface area contributed by atoms with Crippen LogP contribution in [-0.2, 0) is 16.9 Å². The largest absolute Gasteiger partial charge is 0.440 e. The summed E-state index contributed by atoms with van der Waals surface area (Å²) in [5, 5.41) is 1.10. The lowest BCUT2D eigenvalue weighted by atomic mass is 9.77. The van der Waals surface area contributed by atoms with Gasteiger partial charge in [-0.25, -0.2) is 4.79 Å². The van der Waals surface area contributed by atoms with Gasteiger partial charge in [0.15, 0.2) is 5.60 Å². The van der Waals surface area contributed by atoms with Gasteiger partial charge in [0, 0.05) is 71.0 Å². The number of anilines is 1. The van der Waals surface area contributed by atoms with E-state index in [1.165, 1.54) is 5.69 Å². The Balaban J connectivity index is 1.88. The number of hydrogen-bond acceptors (Lipinski definition) is 4. The van der Waals surface area contributed by atoms with Crippen molar-refractivity contribution in [1.82, 2.24) is 9.55 Å². The summed E-state index contributed by atoms with van der Waals surface area (Å²) < 4.78 is 8.77. The smallest absolute Gasteiger partial charge is 0.340 e. The molecule has 0 radical (unpaired) electrons. The van der Waals surface area contributed by atoms with Gasteiger partial charge in [0.2, 0.25) is 0 Å². The third kappa shape index (κ3) is 2.99. The molecule has 0 aliphatic carbocycles. The van der Waals surface area contributed by atoms with E-state index in [1.54, 1.807) is 18.5 Å². The van der Waals surface area contributed by atoms with Crippen LogP contribution in [0.1, 0.15) is 59.1 Å². The number of hydrogen-bond donors (Lipinski definition) is 0. The van der Waals surface area contributed by atoms with Crippen LogP contribution in [0.2, 0.25) is 0 Å². The zero-order chi connectivity index (χ0) is 24.0. The van der Waals surface area contributed by atoms with Crippen molar-refractivity contribution in [1.29, 1.82) is 0 Å². The fraction of sp³-hybridized carbons (Fsp3) is 0.310. The van der Waals surface area contributed by atoms with Crippen LogP contribution in [0.5, 0.6) is 0 Å². The number of carbonyl (C=O) groups is 1. The Bertz CT molecular complexity index is 1400. The molecule has 5 nitrogen and oxygen atoms in total. The van der Waals surface area contributed by atoms with Crippen LogP contribution in [0.3, 0.4) is 0 Å². The SMILES string of the molecule is CCN(CC)c1ccc(C2(c3c(C)n(CC)c4ccccc34)OC(=O)c3ccncc32)c(C)c1. The highest BCUT2D eigenvalue weighted by atomic mass is 16.6. The number of cyclic esters (lactones) is 1. The molecule has 4 aromatic rings. The predicted molar refractivity (Wildman–Crippen MR) is 137 cm³/mol. The Morgan fingerprint density at radius 1 is 1.00 bits per heavy atom. The summed E-state index contributed by atoms with van der Waals surface area (Å²) in [6.07, 6.45) is 3.46. The number of rotatable bonds is 6. The summed E-state index contributed by atoms with van der Waals surface area (Å²) in [5.74, 6) is -0.308. The van der Waals surface area contributed by atoms with E-state index in [9.17, 15) is 4.79 Å². The van der Waals surface area contributed by atoms with Crippen LogP contribution in [0.15, 0.2) is 60.9 Å². The minimum absolute atomic E-state index is 0.308. The molecule has 1 unspecified atom stereocenters. The molecule has 5 rings (SSSR count). The first kappa shape index (κ1) is 22.2. The van der Waals surface area contributed by atoms with Crippen LogP contribution in [0.4, 0.5) is 5.69 Å². The van der Waals surface area contributed by atoms with E-state index in [2.05, 4.69) is 91.5 Å². The second-order valence-corrected chi connectivity index (χ2v) is 8.89. The van der Waals surface area contributed by atoms with Crippen molar-refractivity contribution in [2.75, 3.05) is 18.0 Å². The number of nitrogens with zero attached hydrogens (tertiary/aromatic N) is 3. The Labute approximate surface area is 201 Å². The Hall–Kier alpha value is -3.60. The summed E-state index contributed by atoms with van der Waals surface area (Å²) in [6, 6.07) is 16.6. The minimum Gasteiger partial charge on any atom is -0.440 e. The second-order valence-electron chi connectivity index (χ2n) is 8.89. The van der Waals surface area contributed by atoms with Gasteiger partial charge in [0.05, 0.1) is 5.56 Å². The predicted octanol–water partition coefficient (Wildman–Crippen LogP) is 5.98. The zero-order valence-electron chi connectivity index (χ0n) is 20.6. The van der Waals surface area contributed by atoms with Crippen molar-refractivity contribution >= 4 is 22.6 Å². The molecule has 1 aliphatic rings. The average molecular weight is 454 g/mol. The molecule has 34 heavy (non-hydrogen) atoms. The van der Waals surface area contributed by atoms with Gasteiger partial charge in [0.25, 0.3) is 0 Å². The summed E-state index contributed by atoms with van der Waals surface area (Å²) in [7, 11) is 0. The van der Waals surface area contributed by atoms with Crippen molar-refractivity contribution < 1.29 is 9.53 Å². The highest BCUT2D eigenvalue weighted by Crippen LogP contribution is 2.51. The topological polar surface area (TPSA) is 47.4 Å². The molecule has 0 fully saturated rings. The van der Waals surface area contributed by atoms with Crippen LogP contribution < -0.4 is 4.90 Å². The molecule has 0 N–H and O–H groups in total. The summed E-state index contributed by atoms with van der Waals surface area (Å²) in [5.41, 5.74) is 6.82. The Morgan fingerprint density at radius 2 is 1.76 bits per heavy atom. The molecule has 0 saturated heterocycles. The maximum absolute atomic E-state index is 13.3. The maximum atomic E-state index is 13.3. The van der Waals surface area contributed by atoms with Gasteiger partial charge in [-0.1, -0.05) is 24.3 Å². The molecule has 0 saturated carbocycles. The monoisotopic (exact) mass is 453 g/mol. The standard InChI is InChI=1S/C29H31N3O2/c1-6-31(7-2)21-13-14-24(19(4)17-21)29(25-18-30-16-15-22(25)28(33)34-29)27-20(5)32(8-3)26-12-10-9-11-23(26)27/h9-18H,6-8H2,1-5H3. The number of fused-ring (bicyclic) bond motifs is 2. The molecule has 0 spiro atoms. The number of para-hydroxylation sites is 1. The quantitative estimate of drug-likeness (QED) is 0.337. The van der Waals surface area contributed by atoms with Gasteiger partial charge >= 0.3 is 5.97 Å². The molecular formula is C29H31N3O2. The van der Waals surface area contributed by atoms with E-state index >= 15 is 0 Å². The molecule has 0 bridgehead atoms. The molecular weight excluding hydrogens is 422 g/mol. The second kappa shape index (κ2) is 8.32. The number of pyridine rings is 1. The fourth-order valence-electron chi connectivity index (χ4n) is 5.73. The third-order valence-corrected chi connectivity index (χ3v) is 7.28. The van der Waals surface area contributed by atoms with Crippen molar-refractivity contribution in [3.05, 3.63) is 94.4 Å². The maximum Gasteiger partial charge on any atom is 0.340 e. The highest BCUT2D eigenvalue weighted by Gasteiger charge is 2.52. The van der Waals surface area contributed by atoms with E-state index in [0.29, 0.717) is 5.56 Å². The fourth-order valence-corrected chi connectivity index (χ4v) is 5.73. The van der Waals surface area contributed by atoms with Gasteiger partial charge in [-0.2, -0.15) is 0 Å². The molecule has 174 valence electrons. The van der Waals surface area contributed by atoms with Gasteiger partial charge < -0.3 is 14.2 Å². The lowest BCUT2D eigenvalue weighted by Gasteiger charge is -2.33. The number of ether oxygens (including phenoxy) is 1. The lowest BCUT2D eigenvalue weighted by Crippen LogP contribution is -2.32. The molecule has 5 heteroatoms. The molecule has 0 amide bonds. The van der Waals surface area contributed by atoms with E-state index in [-0.39, 0.29) is 5.97 Å². The summed E-state index contributed by atoms with van der Waals surface area (Å²) in [4.78, 5) is 20.0. The van der Waals surface area contributed by atoms with Crippen molar-refractivity contribution in [2.24, 2.45) is 0 Å². The third-order valence-electron chi connectivity index (χ3n) is 7.28. The van der Waals surface area contributed by atoms with E-state index in [4.69, 9.17) is 4.74 Å². The molecule has 1 atom stereocenters. The van der Waals surface area contributed by atoms with Gasteiger partial charge in [-0.15, -0.1) is 0 Å². The van der Waals surface area contributed by atoms with Crippen LogP contribution in [-0.4, -0.2) is 28.6 Å². The van der Waals surface area contributed by atoms with Crippen LogP contribution >= 0.6 is 0 Å². The average Bonchev–Trinajstić information content (AvgIpc) is 3.31. The van der Waals surface area contributed by atoms with E-state index in [0.717, 1.165) is 58.5 Å². The number of aromatic nitrogens is 2. The van der Waals surface area contributed by atoms with E-state index < -0.39 is 5.60 Å². The zero-order valence-corrected chi connectivity index (χ0v) is 20.6. The number of esters is 1.